The Morgan fingerprint density at radius 1 is 1.32 bits per heavy atom. The molecule has 2 fully saturated rings. The molecule has 0 radical (unpaired) electrons. The number of carbonyl (C=O) groups excluding carboxylic acids is 3. The van der Waals surface area contributed by atoms with E-state index in [1.54, 1.807) is 6.08 Å². The van der Waals surface area contributed by atoms with Crippen LogP contribution in [-0.4, -0.2) is 35.1 Å². The van der Waals surface area contributed by atoms with Crippen molar-refractivity contribution >= 4 is 17.8 Å². The summed E-state index contributed by atoms with van der Waals surface area (Å²) in [6.07, 6.45) is 2.53. The summed E-state index contributed by atoms with van der Waals surface area (Å²) in [4.78, 5) is 39.2. The molecular weight excluding hydrogens is 286 g/mol. The molecule has 2 saturated heterocycles. The fraction of sp³-hybridized carbons (Fsp3) is 0.562. The average molecular weight is 309 g/mol. The van der Waals surface area contributed by atoms with Gasteiger partial charge >= 0.3 is 5.97 Å². The molecule has 1 unspecified atom stereocenters. The molecule has 0 aromatic rings. The third-order valence-corrected chi connectivity index (χ3v) is 3.23. The van der Waals surface area contributed by atoms with Crippen molar-refractivity contribution in [2.75, 3.05) is 0 Å². The lowest BCUT2D eigenvalue weighted by Gasteiger charge is -2.29. The predicted molar refractivity (Wildman–Crippen MR) is 80.4 cm³/mol. The molecule has 122 valence electrons. The summed E-state index contributed by atoms with van der Waals surface area (Å²) in [5, 5.41) is 0.547. The van der Waals surface area contributed by atoms with Crippen molar-refractivity contribution in [2.45, 2.75) is 58.2 Å². The molecule has 0 spiro atoms. The van der Waals surface area contributed by atoms with Crippen LogP contribution in [0.2, 0.25) is 0 Å². The van der Waals surface area contributed by atoms with Crippen LogP contribution in [-0.2, 0) is 24.0 Å². The Hall–Kier alpha value is -1.95. The van der Waals surface area contributed by atoms with Gasteiger partial charge in [-0.2, -0.15) is 0 Å². The highest BCUT2D eigenvalue weighted by Crippen LogP contribution is 2.26. The van der Waals surface area contributed by atoms with Gasteiger partial charge in [0.15, 0.2) is 0 Å². The van der Waals surface area contributed by atoms with Crippen molar-refractivity contribution in [3.63, 3.8) is 0 Å². The Morgan fingerprint density at radius 2 is 1.91 bits per heavy atom. The van der Waals surface area contributed by atoms with Gasteiger partial charge in [0.2, 0.25) is 0 Å². The normalized spacial score (nSPS) is 24.6. The van der Waals surface area contributed by atoms with Gasteiger partial charge < -0.3 is 9.57 Å². The Labute approximate surface area is 130 Å². The Morgan fingerprint density at radius 3 is 2.45 bits per heavy atom. The van der Waals surface area contributed by atoms with Crippen LogP contribution in [0.3, 0.4) is 0 Å². The van der Waals surface area contributed by atoms with Crippen LogP contribution in [0.4, 0.5) is 0 Å². The molecule has 0 aromatic carbocycles. The van der Waals surface area contributed by atoms with E-state index in [2.05, 4.69) is 13.2 Å². The smallest absolute Gasteiger partial charge is 0.335 e. The van der Waals surface area contributed by atoms with Crippen molar-refractivity contribution < 1.29 is 24.0 Å². The van der Waals surface area contributed by atoms with E-state index >= 15 is 0 Å². The second-order valence-electron chi connectivity index (χ2n) is 4.94. The lowest BCUT2D eigenvalue weighted by molar-refractivity contribution is -0.199. The standard InChI is InChI=1S/C14H17NO5.C2H6/c1-3-10-6-9(2)7-11(19-10)8-14(18)20-15-12(16)4-5-13(15)17;1-2/h3,10-11H,1-2,4-8H2;1-2H3/t10?,11-;/m0./s1. The molecule has 2 aliphatic rings. The van der Waals surface area contributed by atoms with E-state index in [-0.39, 0.29) is 31.5 Å². The maximum Gasteiger partial charge on any atom is 0.335 e. The molecule has 22 heavy (non-hydrogen) atoms. The number of rotatable bonds is 4. The molecule has 2 amide bonds. The minimum atomic E-state index is -0.656. The Balaban J connectivity index is 0.00000116. The van der Waals surface area contributed by atoms with Gasteiger partial charge in [-0.15, -0.1) is 11.6 Å². The predicted octanol–water partition coefficient (Wildman–Crippen LogP) is 2.30. The zero-order chi connectivity index (χ0) is 16.7. The van der Waals surface area contributed by atoms with Crippen LogP contribution >= 0.6 is 0 Å². The van der Waals surface area contributed by atoms with E-state index in [1.165, 1.54) is 0 Å². The van der Waals surface area contributed by atoms with Crippen LogP contribution in [0.15, 0.2) is 24.8 Å². The highest BCUT2D eigenvalue weighted by molar-refractivity contribution is 6.01. The molecule has 0 aliphatic carbocycles. The quantitative estimate of drug-likeness (QED) is 0.588. The molecule has 0 bridgehead atoms. The van der Waals surface area contributed by atoms with Gasteiger partial charge in [0.05, 0.1) is 18.6 Å². The minimum Gasteiger partial charge on any atom is -0.370 e. The van der Waals surface area contributed by atoms with E-state index in [0.717, 1.165) is 5.57 Å². The second-order valence-corrected chi connectivity index (χ2v) is 4.94. The van der Waals surface area contributed by atoms with Crippen molar-refractivity contribution in [3.8, 4) is 0 Å². The summed E-state index contributed by atoms with van der Waals surface area (Å²) in [5.41, 5.74) is 0.979. The first-order valence-electron chi connectivity index (χ1n) is 7.51. The summed E-state index contributed by atoms with van der Waals surface area (Å²) in [5.74, 6) is -1.63. The lowest BCUT2D eigenvalue weighted by atomic mass is 9.97. The molecule has 0 aromatic heterocycles. The number of imide groups is 1. The van der Waals surface area contributed by atoms with Crippen molar-refractivity contribution in [1.29, 1.82) is 0 Å². The van der Waals surface area contributed by atoms with Gasteiger partial charge in [0.25, 0.3) is 11.8 Å². The SMILES string of the molecule is C=CC1CC(=C)C[C@@H](CC(=O)ON2C(=O)CCC2=O)O1.CC. The fourth-order valence-corrected chi connectivity index (χ4v) is 2.28. The molecule has 2 aliphatic heterocycles. The van der Waals surface area contributed by atoms with E-state index in [1.807, 2.05) is 13.8 Å². The third kappa shape index (κ3) is 4.80. The van der Waals surface area contributed by atoms with Gasteiger partial charge in [-0.1, -0.05) is 32.1 Å². The molecular formula is C16H23NO5. The van der Waals surface area contributed by atoms with Crippen LogP contribution in [0.5, 0.6) is 0 Å². The topological polar surface area (TPSA) is 72.9 Å². The van der Waals surface area contributed by atoms with Gasteiger partial charge in [0.1, 0.15) is 0 Å². The van der Waals surface area contributed by atoms with Crippen LogP contribution < -0.4 is 0 Å². The van der Waals surface area contributed by atoms with Gasteiger partial charge in [-0.25, -0.2) is 4.79 Å². The fourth-order valence-electron chi connectivity index (χ4n) is 2.28. The van der Waals surface area contributed by atoms with Gasteiger partial charge in [0, 0.05) is 12.8 Å². The first kappa shape index (κ1) is 18.1. The summed E-state index contributed by atoms with van der Waals surface area (Å²) in [7, 11) is 0. The van der Waals surface area contributed by atoms with E-state index in [4.69, 9.17) is 9.57 Å². The largest absolute Gasteiger partial charge is 0.370 e. The maximum atomic E-state index is 11.8. The molecule has 6 heteroatoms. The molecule has 6 nitrogen and oxygen atoms in total. The average Bonchev–Trinajstić information content (AvgIpc) is 2.80. The summed E-state index contributed by atoms with van der Waals surface area (Å²) in [6.45, 7) is 11.6. The number of hydroxylamine groups is 2. The first-order valence-corrected chi connectivity index (χ1v) is 7.51. The summed E-state index contributed by atoms with van der Waals surface area (Å²) < 4.78 is 5.63. The summed E-state index contributed by atoms with van der Waals surface area (Å²) in [6, 6.07) is 0. The Kier molecular flexibility index (Phi) is 6.98. The van der Waals surface area contributed by atoms with Crippen LogP contribution in [0, 0.1) is 0 Å². The minimum absolute atomic E-state index is 0.0274. The van der Waals surface area contributed by atoms with Gasteiger partial charge in [-0.05, 0) is 12.8 Å². The number of amides is 2. The van der Waals surface area contributed by atoms with Crippen LogP contribution in [0.1, 0.15) is 46.0 Å². The number of hydrogen-bond acceptors (Lipinski definition) is 5. The van der Waals surface area contributed by atoms with Crippen molar-refractivity contribution in [2.24, 2.45) is 0 Å². The van der Waals surface area contributed by atoms with Crippen LogP contribution in [0.25, 0.3) is 0 Å². The van der Waals surface area contributed by atoms with Crippen molar-refractivity contribution in [3.05, 3.63) is 24.8 Å². The number of carbonyl (C=O) groups is 3. The molecule has 2 atom stereocenters. The van der Waals surface area contributed by atoms with Crippen molar-refractivity contribution in [1.82, 2.24) is 5.06 Å². The second kappa shape index (κ2) is 8.48. The molecule has 0 N–H and O–H groups in total. The lowest BCUT2D eigenvalue weighted by Crippen LogP contribution is -2.35. The number of nitrogens with zero attached hydrogens (tertiary/aromatic N) is 1. The zero-order valence-electron chi connectivity index (χ0n) is 13.2. The monoisotopic (exact) mass is 309 g/mol. The molecule has 2 rings (SSSR count). The highest BCUT2D eigenvalue weighted by Gasteiger charge is 2.34. The first-order chi connectivity index (χ1) is 10.5. The van der Waals surface area contributed by atoms with E-state index < -0.39 is 17.8 Å². The number of ether oxygens (including phenoxy) is 1. The number of hydrogen-bond donors (Lipinski definition) is 0. The third-order valence-electron chi connectivity index (χ3n) is 3.23. The molecule has 0 saturated carbocycles. The molecule has 2 heterocycles. The zero-order valence-corrected chi connectivity index (χ0v) is 13.2. The van der Waals surface area contributed by atoms with E-state index in [0.29, 0.717) is 17.9 Å². The van der Waals surface area contributed by atoms with E-state index in [9.17, 15) is 14.4 Å². The van der Waals surface area contributed by atoms with Gasteiger partial charge in [-0.3, -0.25) is 9.59 Å². The summed E-state index contributed by atoms with van der Waals surface area (Å²) >= 11 is 0. The Bertz CT molecular complexity index is 455. The highest BCUT2D eigenvalue weighted by atomic mass is 16.7. The maximum absolute atomic E-state index is 11.8.